The quantitative estimate of drug-likeness (QED) is 0.194. The third kappa shape index (κ3) is 1.51. The predicted molar refractivity (Wildman–Crippen MR) is 37.2 cm³/mol. The highest BCUT2D eigenvalue weighted by molar-refractivity contribution is 6.67. The van der Waals surface area contributed by atoms with Crippen molar-refractivity contribution in [1.29, 1.82) is 0 Å². The van der Waals surface area contributed by atoms with Crippen molar-refractivity contribution in [2.75, 3.05) is 6.61 Å². The first-order chi connectivity index (χ1) is 6.11. The molecule has 0 radical (unpaired) electrons. The molecule has 0 spiro atoms. The first-order valence-electron chi connectivity index (χ1n) is 3.38. The van der Waals surface area contributed by atoms with E-state index in [0.29, 0.717) is 0 Å². The molecule has 0 aliphatic carbocycles. The number of rotatable bonds is 2. The Morgan fingerprint density at radius 2 is 2.15 bits per heavy atom. The van der Waals surface area contributed by atoms with Crippen LogP contribution in [0.5, 0.6) is 0 Å². The molecule has 1 heterocycles. The molecule has 0 aromatic rings. The zero-order valence-electron chi connectivity index (χ0n) is 6.38. The number of ketones is 1. The van der Waals surface area contributed by atoms with Crippen LogP contribution < -0.4 is 0 Å². The number of carbonyl (C=O) groups excluding carboxylic acids is 2. The second-order valence-corrected chi connectivity index (χ2v) is 2.39. The lowest BCUT2D eigenvalue weighted by Gasteiger charge is -2.12. The van der Waals surface area contributed by atoms with Crippen molar-refractivity contribution in [1.82, 2.24) is 0 Å². The molecule has 0 amide bonds. The summed E-state index contributed by atoms with van der Waals surface area (Å²) < 4.78 is 4.34. The average Bonchev–Trinajstić information content (AvgIpc) is 2.42. The normalized spacial score (nSPS) is 27.8. The summed E-state index contributed by atoms with van der Waals surface area (Å²) in [5, 5.41) is 28.3. The Morgan fingerprint density at radius 3 is 2.62 bits per heavy atom. The summed E-state index contributed by atoms with van der Waals surface area (Å²) in [7, 11) is 0. The highest BCUT2D eigenvalue weighted by Gasteiger charge is 2.44. The second kappa shape index (κ2) is 3.50. The summed E-state index contributed by atoms with van der Waals surface area (Å²) in [6.07, 6.45) is -2.84. The van der Waals surface area contributed by atoms with Crippen LogP contribution in [0.15, 0.2) is 5.16 Å². The number of aliphatic hydroxyl groups excluding tert-OH is 2. The van der Waals surface area contributed by atoms with Gasteiger partial charge >= 0.3 is 5.97 Å². The fraction of sp³-hybridized carbons (Fsp3) is 0.500. The molecule has 0 aromatic heterocycles. The molecule has 72 valence electrons. The van der Waals surface area contributed by atoms with E-state index in [1.54, 1.807) is 0 Å². The molecule has 0 bridgehead atoms. The topological polar surface area (TPSA) is 116 Å². The molecule has 0 aromatic carbocycles. The Labute approximate surface area is 72.2 Å². The van der Waals surface area contributed by atoms with E-state index >= 15 is 0 Å². The lowest BCUT2D eigenvalue weighted by atomic mass is 10.1. The van der Waals surface area contributed by atoms with Gasteiger partial charge in [-0.2, -0.15) is 0 Å². The van der Waals surface area contributed by atoms with Crippen molar-refractivity contribution >= 4 is 17.5 Å². The van der Waals surface area contributed by atoms with Crippen molar-refractivity contribution in [2.24, 2.45) is 5.16 Å². The number of carbonyl (C=O) groups is 2. The molecular formula is C6H7NO6. The highest BCUT2D eigenvalue weighted by atomic mass is 16.6. The summed E-state index contributed by atoms with van der Waals surface area (Å²) in [5.41, 5.74) is -0.591. The number of hydrogen-bond donors (Lipinski definition) is 3. The largest absolute Gasteiger partial charge is 0.447 e. The van der Waals surface area contributed by atoms with Gasteiger partial charge in [0.1, 0.15) is 6.10 Å². The number of nitrogens with zero attached hydrogens (tertiary/aromatic N) is 1. The van der Waals surface area contributed by atoms with E-state index in [9.17, 15) is 9.59 Å². The number of aliphatic hydroxyl groups is 2. The van der Waals surface area contributed by atoms with Crippen molar-refractivity contribution in [3.8, 4) is 0 Å². The zero-order chi connectivity index (χ0) is 10.0. The Morgan fingerprint density at radius 1 is 1.54 bits per heavy atom. The molecule has 0 saturated carbocycles. The Balaban J connectivity index is 2.89. The highest BCUT2D eigenvalue weighted by Crippen LogP contribution is 2.12. The minimum absolute atomic E-state index is 0.591. The van der Waals surface area contributed by atoms with E-state index in [-0.39, 0.29) is 0 Å². The standard InChI is InChI=1S/C6H7NO6/c8-1-2(9)5-3(7-12)4(10)6(11)13-5/h2,5,8-9,12H,1H2/t2?,5-/m1/s1. The predicted octanol–water partition coefficient (Wildman–Crippen LogP) is -2.34. The van der Waals surface area contributed by atoms with Crippen LogP contribution in [0.25, 0.3) is 0 Å². The van der Waals surface area contributed by atoms with Crippen LogP contribution in [0.4, 0.5) is 0 Å². The van der Waals surface area contributed by atoms with Crippen LogP contribution in [0.1, 0.15) is 0 Å². The van der Waals surface area contributed by atoms with Gasteiger partial charge in [-0.05, 0) is 0 Å². The molecule has 1 aliphatic heterocycles. The van der Waals surface area contributed by atoms with E-state index in [0.717, 1.165) is 0 Å². The molecule has 1 saturated heterocycles. The van der Waals surface area contributed by atoms with E-state index in [4.69, 9.17) is 15.4 Å². The molecule has 3 N–H and O–H groups in total. The minimum Gasteiger partial charge on any atom is -0.447 e. The Kier molecular flexibility index (Phi) is 2.59. The van der Waals surface area contributed by atoms with Crippen LogP contribution in [-0.2, 0) is 14.3 Å². The van der Waals surface area contributed by atoms with E-state index in [1.165, 1.54) is 0 Å². The van der Waals surface area contributed by atoms with E-state index in [1.807, 2.05) is 0 Å². The first-order valence-corrected chi connectivity index (χ1v) is 3.38. The maximum atomic E-state index is 10.8. The van der Waals surface area contributed by atoms with Gasteiger partial charge in [0, 0.05) is 0 Å². The number of hydrogen-bond acceptors (Lipinski definition) is 7. The van der Waals surface area contributed by atoms with Gasteiger partial charge in [-0.1, -0.05) is 5.16 Å². The SMILES string of the molecule is O=C1O[C@H](C(O)CO)C(=NO)C1=O. The summed E-state index contributed by atoms with van der Waals surface area (Å²) >= 11 is 0. The molecule has 1 rings (SSSR count). The molecule has 1 fully saturated rings. The second-order valence-electron chi connectivity index (χ2n) is 2.39. The summed E-state index contributed by atoms with van der Waals surface area (Å²) in [5.74, 6) is -2.31. The number of esters is 1. The number of Topliss-reactive ketones (excluding diaryl/α,β-unsaturated/α-hetero) is 1. The van der Waals surface area contributed by atoms with Gasteiger partial charge < -0.3 is 20.2 Å². The molecule has 1 unspecified atom stereocenters. The van der Waals surface area contributed by atoms with E-state index in [2.05, 4.69) is 9.89 Å². The van der Waals surface area contributed by atoms with Gasteiger partial charge in [0.2, 0.25) is 0 Å². The van der Waals surface area contributed by atoms with Gasteiger partial charge in [-0.3, -0.25) is 4.79 Å². The maximum absolute atomic E-state index is 10.8. The third-order valence-corrected chi connectivity index (χ3v) is 1.57. The molecular weight excluding hydrogens is 182 g/mol. The van der Waals surface area contributed by atoms with Gasteiger partial charge in [-0.25, -0.2) is 4.79 Å². The third-order valence-electron chi connectivity index (χ3n) is 1.57. The zero-order valence-corrected chi connectivity index (χ0v) is 6.38. The van der Waals surface area contributed by atoms with Crippen molar-refractivity contribution in [3.05, 3.63) is 0 Å². The number of oxime groups is 1. The molecule has 1 aliphatic rings. The average molecular weight is 189 g/mol. The molecule has 2 atom stereocenters. The van der Waals surface area contributed by atoms with E-state index < -0.39 is 36.3 Å². The number of cyclic esters (lactones) is 1. The van der Waals surface area contributed by atoms with Gasteiger partial charge in [0.05, 0.1) is 6.61 Å². The smallest absolute Gasteiger partial charge is 0.382 e. The Bertz CT molecular complexity index is 272. The van der Waals surface area contributed by atoms with Crippen molar-refractivity contribution in [3.63, 3.8) is 0 Å². The fourth-order valence-corrected chi connectivity index (χ4v) is 0.917. The van der Waals surface area contributed by atoms with Crippen LogP contribution in [-0.4, -0.2) is 51.7 Å². The maximum Gasteiger partial charge on any atom is 0.382 e. The molecule has 13 heavy (non-hydrogen) atoms. The Hall–Kier alpha value is -1.47. The van der Waals surface area contributed by atoms with Gasteiger partial charge in [-0.15, -0.1) is 0 Å². The van der Waals surface area contributed by atoms with Crippen molar-refractivity contribution in [2.45, 2.75) is 12.2 Å². The van der Waals surface area contributed by atoms with Crippen LogP contribution in [0.3, 0.4) is 0 Å². The summed E-state index contributed by atoms with van der Waals surface area (Å²) in [6, 6.07) is 0. The molecule has 7 heteroatoms. The lowest BCUT2D eigenvalue weighted by molar-refractivity contribution is -0.151. The molecule has 7 nitrogen and oxygen atoms in total. The minimum atomic E-state index is -1.46. The first kappa shape index (κ1) is 9.62. The summed E-state index contributed by atoms with van der Waals surface area (Å²) in [6.45, 7) is -0.704. The number of ether oxygens (including phenoxy) is 1. The van der Waals surface area contributed by atoms with Crippen LogP contribution in [0, 0.1) is 0 Å². The fourth-order valence-electron chi connectivity index (χ4n) is 0.917. The lowest BCUT2D eigenvalue weighted by Crippen LogP contribution is -2.35. The van der Waals surface area contributed by atoms with Crippen LogP contribution in [0.2, 0.25) is 0 Å². The van der Waals surface area contributed by atoms with Gasteiger partial charge in [0.25, 0.3) is 5.78 Å². The van der Waals surface area contributed by atoms with Crippen molar-refractivity contribution < 1.29 is 29.7 Å². The van der Waals surface area contributed by atoms with Gasteiger partial charge in [0.15, 0.2) is 11.8 Å². The van der Waals surface area contributed by atoms with Crippen LogP contribution >= 0.6 is 0 Å². The summed E-state index contributed by atoms with van der Waals surface area (Å²) in [4.78, 5) is 21.4. The monoisotopic (exact) mass is 189 g/mol.